The minimum Gasteiger partial charge on any atom is -0.351 e. The molecule has 1 aliphatic heterocycles. The van der Waals surface area contributed by atoms with Crippen LogP contribution in [0.25, 0.3) is 0 Å². The van der Waals surface area contributed by atoms with Crippen LogP contribution in [0.3, 0.4) is 0 Å². The molecule has 1 N–H and O–H groups in total. The topological polar surface area (TPSA) is 82.6 Å². The van der Waals surface area contributed by atoms with Gasteiger partial charge in [-0.15, -0.1) is 0 Å². The Bertz CT molecular complexity index is 918. The number of carbonyl (C=O) groups excluding carboxylic acids is 3. The lowest BCUT2D eigenvalue weighted by atomic mass is 10.2. The minimum atomic E-state index is -0.524. The number of hydrogen-bond acceptors (Lipinski definition) is 4. The third kappa shape index (κ3) is 5.76. The summed E-state index contributed by atoms with van der Waals surface area (Å²) in [4.78, 5) is 44.4. The van der Waals surface area contributed by atoms with Crippen molar-refractivity contribution in [3.05, 3.63) is 64.7 Å². The molecule has 3 amide bonds. The number of hydrogen-bond donors (Lipinski definition) is 1. The molecule has 3 rings (SSSR count). The first-order valence-corrected chi connectivity index (χ1v) is 10.0. The molecule has 1 aromatic heterocycles. The predicted molar refractivity (Wildman–Crippen MR) is 109 cm³/mol. The lowest BCUT2D eigenvalue weighted by Crippen LogP contribution is -2.51. The molecule has 9 heteroatoms. The predicted octanol–water partition coefficient (Wildman–Crippen LogP) is 1.91. The summed E-state index contributed by atoms with van der Waals surface area (Å²) in [5, 5.41) is 2.64. The maximum Gasteiger partial charge on any atom is 0.252 e. The molecule has 158 valence electrons. The van der Waals surface area contributed by atoms with E-state index in [1.807, 2.05) is 12.1 Å². The van der Waals surface area contributed by atoms with E-state index in [-0.39, 0.29) is 41.8 Å². The van der Waals surface area contributed by atoms with Crippen LogP contribution in [0.5, 0.6) is 0 Å². The Morgan fingerprint density at radius 2 is 1.73 bits per heavy atom. The monoisotopic (exact) mass is 432 g/mol. The van der Waals surface area contributed by atoms with Crippen molar-refractivity contribution in [3.63, 3.8) is 0 Å². The van der Waals surface area contributed by atoms with E-state index in [4.69, 9.17) is 11.6 Å². The van der Waals surface area contributed by atoms with Gasteiger partial charge in [-0.25, -0.2) is 4.39 Å². The van der Waals surface area contributed by atoms with Crippen molar-refractivity contribution >= 4 is 29.3 Å². The number of nitrogens with one attached hydrogen (secondary N) is 1. The largest absolute Gasteiger partial charge is 0.351 e. The number of pyridine rings is 1. The van der Waals surface area contributed by atoms with Crippen LogP contribution in [0.4, 0.5) is 4.39 Å². The summed E-state index contributed by atoms with van der Waals surface area (Å²) in [6, 6.07) is 8.97. The van der Waals surface area contributed by atoms with Gasteiger partial charge in [0.05, 0.1) is 17.0 Å². The zero-order chi connectivity index (χ0) is 21.5. The molecule has 0 bridgehead atoms. The zero-order valence-corrected chi connectivity index (χ0v) is 17.1. The average Bonchev–Trinajstić information content (AvgIpc) is 2.74. The number of amides is 3. The lowest BCUT2D eigenvalue weighted by Gasteiger charge is -2.35. The summed E-state index contributed by atoms with van der Waals surface area (Å²) in [6.07, 6.45) is 2.03. The third-order valence-corrected chi connectivity index (χ3v) is 5.16. The van der Waals surface area contributed by atoms with Gasteiger partial charge < -0.3 is 15.1 Å². The highest BCUT2D eigenvalue weighted by Gasteiger charge is 2.24. The molecule has 0 spiro atoms. The van der Waals surface area contributed by atoms with Crippen molar-refractivity contribution in [3.8, 4) is 0 Å². The molecule has 0 saturated carbocycles. The SMILES string of the molecule is O=C(NCCC(=O)N1CCN(C(=O)Cc2ccccn2)CC1)c1ccc(F)cc1Cl. The van der Waals surface area contributed by atoms with Crippen molar-refractivity contribution in [2.45, 2.75) is 12.8 Å². The fraction of sp³-hybridized carbons (Fsp3) is 0.333. The summed E-state index contributed by atoms with van der Waals surface area (Å²) in [5.41, 5.74) is 0.878. The van der Waals surface area contributed by atoms with E-state index in [1.54, 1.807) is 22.1 Å². The molecular formula is C21H22ClFN4O3. The Kier molecular flexibility index (Phi) is 7.35. The second kappa shape index (κ2) is 10.2. The van der Waals surface area contributed by atoms with Crippen LogP contribution in [-0.4, -0.2) is 65.2 Å². The van der Waals surface area contributed by atoms with Gasteiger partial charge in [-0.3, -0.25) is 19.4 Å². The first kappa shape index (κ1) is 21.7. The maximum absolute atomic E-state index is 13.1. The van der Waals surface area contributed by atoms with Gasteiger partial charge in [0.1, 0.15) is 5.82 Å². The van der Waals surface area contributed by atoms with Crippen LogP contribution in [0.1, 0.15) is 22.5 Å². The average molecular weight is 433 g/mol. The molecule has 0 atom stereocenters. The number of carbonyl (C=O) groups is 3. The van der Waals surface area contributed by atoms with E-state index in [1.165, 1.54) is 6.07 Å². The molecule has 30 heavy (non-hydrogen) atoms. The number of rotatable bonds is 6. The highest BCUT2D eigenvalue weighted by atomic mass is 35.5. The van der Waals surface area contributed by atoms with Crippen LogP contribution in [0.15, 0.2) is 42.6 Å². The summed E-state index contributed by atoms with van der Waals surface area (Å²) < 4.78 is 13.1. The standard InChI is InChI=1S/C21H22ClFN4O3/c22-18-13-15(23)4-5-17(18)21(30)25-8-6-19(28)26-9-11-27(12-10-26)20(29)14-16-3-1-2-7-24-16/h1-5,7,13H,6,8-12,14H2,(H,25,30). The number of benzene rings is 1. The van der Waals surface area contributed by atoms with Gasteiger partial charge in [0, 0.05) is 51.0 Å². The van der Waals surface area contributed by atoms with Crippen molar-refractivity contribution < 1.29 is 18.8 Å². The minimum absolute atomic E-state index is 0.00996. The van der Waals surface area contributed by atoms with Crippen LogP contribution >= 0.6 is 11.6 Å². The van der Waals surface area contributed by atoms with Crippen LogP contribution in [-0.2, 0) is 16.0 Å². The summed E-state index contributed by atoms with van der Waals surface area (Å²) in [6.45, 7) is 1.98. The summed E-state index contributed by atoms with van der Waals surface area (Å²) in [7, 11) is 0. The Labute approximate surface area is 178 Å². The van der Waals surface area contributed by atoms with Gasteiger partial charge in [0.15, 0.2) is 0 Å². The van der Waals surface area contributed by atoms with Crippen molar-refractivity contribution in [1.29, 1.82) is 0 Å². The molecule has 0 radical (unpaired) electrons. The van der Waals surface area contributed by atoms with Crippen LogP contribution in [0, 0.1) is 5.82 Å². The third-order valence-electron chi connectivity index (χ3n) is 4.84. The van der Waals surface area contributed by atoms with Crippen molar-refractivity contribution in [1.82, 2.24) is 20.1 Å². The molecule has 1 aromatic carbocycles. The molecule has 7 nitrogen and oxygen atoms in total. The van der Waals surface area contributed by atoms with Crippen LogP contribution < -0.4 is 5.32 Å². The van der Waals surface area contributed by atoms with E-state index in [0.29, 0.717) is 26.2 Å². The number of halogens is 2. The molecule has 1 aliphatic rings. The van der Waals surface area contributed by atoms with E-state index in [9.17, 15) is 18.8 Å². The highest BCUT2D eigenvalue weighted by molar-refractivity contribution is 6.33. The first-order chi connectivity index (χ1) is 14.4. The summed E-state index contributed by atoms with van der Waals surface area (Å²) >= 11 is 5.87. The second-order valence-corrected chi connectivity index (χ2v) is 7.30. The van der Waals surface area contributed by atoms with Gasteiger partial charge >= 0.3 is 0 Å². The Morgan fingerprint density at radius 1 is 1.03 bits per heavy atom. The fourth-order valence-corrected chi connectivity index (χ4v) is 3.44. The maximum atomic E-state index is 13.1. The summed E-state index contributed by atoms with van der Waals surface area (Å²) in [5.74, 6) is -1.09. The molecule has 2 aromatic rings. The van der Waals surface area contributed by atoms with E-state index < -0.39 is 11.7 Å². The van der Waals surface area contributed by atoms with Crippen LogP contribution in [0.2, 0.25) is 5.02 Å². The van der Waals surface area contributed by atoms with Gasteiger partial charge in [-0.2, -0.15) is 0 Å². The fourth-order valence-electron chi connectivity index (χ4n) is 3.18. The van der Waals surface area contributed by atoms with Gasteiger partial charge in [-0.1, -0.05) is 17.7 Å². The lowest BCUT2D eigenvalue weighted by molar-refractivity contribution is -0.139. The van der Waals surface area contributed by atoms with Gasteiger partial charge in [0.25, 0.3) is 5.91 Å². The zero-order valence-electron chi connectivity index (χ0n) is 16.3. The van der Waals surface area contributed by atoms with E-state index in [2.05, 4.69) is 10.3 Å². The molecule has 1 fully saturated rings. The normalized spacial score (nSPS) is 13.8. The molecule has 0 unspecified atom stereocenters. The van der Waals surface area contributed by atoms with Crippen molar-refractivity contribution in [2.75, 3.05) is 32.7 Å². The Hall–Kier alpha value is -3.00. The molecular weight excluding hydrogens is 411 g/mol. The molecule has 0 aliphatic carbocycles. The number of aromatic nitrogens is 1. The molecule has 2 heterocycles. The smallest absolute Gasteiger partial charge is 0.252 e. The second-order valence-electron chi connectivity index (χ2n) is 6.89. The number of piperazine rings is 1. The Morgan fingerprint density at radius 3 is 2.37 bits per heavy atom. The van der Waals surface area contributed by atoms with E-state index in [0.717, 1.165) is 17.8 Å². The quantitative estimate of drug-likeness (QED) is 0.755. The number of nitrogens with zero attached hydrogens (tertiary/aromatic N) is 3. The first-order valence-electron chi connectivity index (χ1n) is 9.63. The van der Waals surface area contributed by atoms with Crippen molar-refractivity contribution in [2.24, 2.45) is 0 Å². The van der Waals surface area contributed by atoms with E-state index >= 15 is 0 Å². The Balaban J connectivity index is 1.40. The highest BCUT2D eigenvalue weighted by Crippen LogP contribution is 2.17. The van der Waals surface area contributed by atoms with Gasteiger partial charge in [-0.05, 0) is 30.3 Å². The van der Waals surface area contributed by atoms with Gasteiger partial charge in [0.2, 0.25) is 11.8 Å². The molecule has 1 saturated heterocycles.